The van der Waals surface area contributed by atoms with Crippen LogP contribution >= 0.6 is 11.3 Å². The molecule has 22 heavy (non-hydrogen) atoms. The second-order valence-electron chi connectivity index (χ2n) is 5.61. The molecule has 1 aliphatic heterocycles. The van der Waals surface area contributed by atoms with Crippen molar-refractivity contribution in [2.45, 2.75) is 26.3 Å². The number of aromatic nitrogens is 3. The average Bonchev–Trinajstić information content (AvgIpc) is 3.09. The van der Waals surface area contributed by atoms with Gasteiger partial charge in [-0.3, -0.25) is 14.4 Å². The second-order valence-corrected chi connectivity index (χ2v) is 6.55. The van der Waals surface area contributed by atoms with Crippen molar-refractivity contribution in [3.8, 4) is 0 Å². The smallest absolute Gasteiger partial charge is 0.241 e. The van der Waals surface area contributed by atoms with E-state index in [0.717, 1.165) is 37.3 Å². The third kappa shape index (κ3) is 3.36. The first-order valence-electron chi connectivity index (χ1n) is 7.60. The first kappa shape index (κ1) is 15.2. The third-order valence-corrected chi connectivity index (χ3v) is 4.71. The van der Waals surface area contributed by atoms with E-state index in [1.807, 2.05) is 18.1 Å². The highest BCUT2D eigenvalue weighted by atomic mass is 32.1. The highest BCUT2D eigenvalue weighted by Gasteiger charge is 2.26. The van der Waals surface area contributed by atoms with Crippen LogP contribution < -0.4 is 4.90 Å². The summed E-state index contributed by atoms with van der Waals surface area (Å²) in [6.07, 6.45) is 5.78. The Bertz CT molecular complexity index is 650. The Morgan fingerprint density at radius 1 is 1.36 bits per heavy atom. The molecule has 0 aromatic carbocycles. The number of anilines is 1. The summed E-state index contributed by atoms with van der Waals surface area (Å²) in [6.45, 7) is 4.93. The van der Waals surface area contributed by atoms with E-state index in [2.05, 4.69) is 27.3 Å². The molecule has 1 fully saturated rings. The van der Waals surface area contributed by atoms with Crippen molar-refractivity contribution >= 4 is 22.9 Å². The highest BCUT2D eigenvalue weighted by Crippen LogP contribution is 2.18. The van der Waals surface area contributed by atoms with Gasteiger partial charge in [0.05, 0.1) is 29.1 Å². The number of nitrogens with zero attached hydrogens (tertiary/aromatic N) is 5. The maximum atomic E-state index is 12.3. The van der Waals surface area contributed by atoms with E-state index in [1.165, 1.54) is 5.01 Å². The molecule has 1 saturated heterocycles. The third-order valence-electron chi connectivity index (χ3n) is 3.75. The predicted octanol–water partition coefficient (Wildman–Crippen LogP) is 1.68. The van der Waals surface area contributed by atoms with E-state index >= 15 is 0 Å². The fraction of sp³-hybridized carbons (Fsp3) is 0.533. The Labute approximate surface area is 134 Å². The minimum atomic E-state index is 0.128. The molecule has 0 radical (unpaired) electrons. The maximum absolute atomic E-state index is 12.3. The van der Waals surface area contributed by atoms with Crippen LogP contribution in [0.3, 0.4) is 0 Å². The molecule has 1 amide bonds. The van der Waals surface area contributed by atoms with Crippen LogP contribution in [0.15, 0.2) is 17.8 Å². The molecule has 0 spiro atoms. The molecule has 0 unspecified atom stereocenters. The van der Waals surface area contributed by atoms with Crippen LogP contribution in [0, 0.1) is 0 Å². The Hall–Kier alpha value is -1.73. The number of hydrogen-bond acceptors (Lipinski definition) is 5. The summed E-state index contributed by atoms with van der Waals surface area (Å²) in [5, 5.41) is 7.44. The van der Waals surface area contributed by atoms with E-state index in [9.17, 15) is 4.79 Å². The molecular formula is C15H21N5OS. The number of rotatable bonds is 5. The zero-order valence-corrected chi connectivity index (χ0v) is 13.8. The number of thiazole rings is 1. The number of aryl methyl sites for hydroxylation is 2. The van der Waals surface area contributed by atoms with Gasteiger partial charge in [-0.15, -0.1) is 11.3 Å². The van der Waals surface area contributed by atoms with Crippen molar-refractivity contribution in [1.29, 1.82) is 0 Å². The van der Waals surface area contributed by atoms with Gasteiger partial charge >= 0.3 is 0 Å². The molecule has 7 heteroatoms. The molecule has 0 N–H and O–H groups in total. The molecule has 0 atom stereocenters. The van der Waals surface area contributed by atoms with E-state index < -0.39 is 0 Å². The van der Waals surface area contributed by atoms with Crippen LogP contribution in [-0.4, -0.2) is 45.2 Å². The normalized spacial score (nSPS) is 16.5. The van der Waals surface area contributed by atoms with Gasteiger partial charge in [0, 0.05) is 38.3 Å². The Morgan fingerprint density at radius 2 is 2.23 bits per heavy atom. The maximum Gasteiger partial charge on any atom is 0.241 e. The summed E-state index contributed by atoms with van der Waals surface area (Å²) in [5.41, 5.74) is 1.96. The average molecular weight is 319 g/mol. The van der Waals surface area contributed by atoms with Crippen LogP contribution in [0.5, 0.6) is 0 Å². The fourth-order valence-electron chi connectivity index (χ4n) is 2.66. The first-order valence-corrected chi connectivity index (χ1v) is 8.48. The summed E-state index contributed by atoms with van der Waals surface area (Å²) in [7, 11) is 1.86. The largest absolute Gasteiger partial charge is 0.307 e. The van der Waals surface area contributed by atoms with Crippen molar-refractivity contribution in [2.24, 2.45) is 7.05 Å². The van der Waals surface area contributed by atoms with E-state index in [1.54, 1.807) is 22.2 Å². The summed E-state index contributed by atoms with van der Waals surface area (Å²) in [5.74, 6) is 0.128. The van der Waals surface area contributed by atoms with Gasteiger partial charge in [-0.2, -0.15) is 5.10 Å². The lowest BCUT2D eigenvalue weighted by atomic mass is 10.2. The van der Waals surface area contributed by atoms with E-state index in [4.69, 9.17) is 0 Å². The zero-order chi connectivity index (χ0) is 15.5. The standard InChI is InChI=1S/C15H21N5OS/c1-3-4-14-17-12(11-22-14)8-19-5-6-20(15(21)10-19)13-7-16-18(2)9-13/h7,9,11H,3-6,8,10H2,1-2H3. The molecule has 3 heterocycles. The Balaban J connectivity index is 1.58. The quantitative estimate of drug-likeness (QED) is 0.841. The number of amides is 1. The molecular weight excluding hydrogens is 298 g/mol. The number of hydrogen-bond donors (Lipinski definition) is 0. The monoisotopic (exact) mass is 319 g/mol. The minimum absolute atomic E-state index is 0.128. The molecule has 6 nitrogen and oxygen atoms in total. The summed E-state index contributed by atoms with van der Waals surface area (Å²) in [6, 6.07) is 0. The fourth-order valence-corrected chi connectivity index (χ4v) is 3.55. The molecule has 0 bridgehead atoms. The van der Waals surface area contributed by atoms with Gasteiger partial charge in [0.15, 0.2) is 0 Å². The lowest BCUT2D eigenvalue weighted by Gasteiger charge is -2.33. The van der Waals surface area contributed by atoms with Crippen LogP contribution in [-0.2, 0) is 24.8 Å². The van der Waals surface area contributed by atoms with Crippen LogP contribution in [0.1, 0.15) is 24.0 Å². The molecule has 3 rings (SSSR count). The summed E-state index contributed by atoms with van der Waals surface area (Å²) in [4.78, 5) is 21.0. The predicted molar refractivity (Wildman–Crippen MR) is 86.9 cm³/mol. The SMILES string of the molecule is CCCc1nc(CN2CCN(c3cnn(C)c3)C(=O)C2)cs1. The van der Waals surface area contributed by atoms with Gasteiger partial charge in [-0.1, -0.05) is 6.92 Å². The van der Waals surface area contributed by atoms with E-state index in [-0.39, 0.29) is 5.91 Å². The topological polar surface area (TPSA) is 54.3 Å². The van der Waals surface area contributed by atoms with Gasteiger partial charge in [0.25, 0.3) is 0 Å². The van der Waals surface area contributed by atoms with Crippen LogP contribution in [0.25, 0.3) is 0 Å². The van der Waals surface area contributed by atoms with Crippen molar-refractivity contribution < 1.29 is 4.79 Å². The van der Waals surface area contributed by atoms with Gasteiger partial charge < -0.3 is 4.90 Å². The number of carbonyl (C=O) groups is 1. The van der Waals surface area contributed by atoms with Crippen molar-refractivity contribution in [3.05, 3.63) is 28.5 Å². The molecule has 2 aromatic heterocycles. The zero-order valence-electron chi connectivity index (χ0n) is 13.0. The Morgan fingerprint density at radius 3 is 2.91 bits per heavy atom. The van der Waals surface area contributed by atoms with Gasteiger partial charge in [-0.25, -0.2) is 4.98 Å². The van der Waals surface area contributed by atoms with Gasteiger partial charge in [0.2, 0.25) is 5.91 Å². The highest BCUT2D eigenvalue weighted by molar-refractivity contribution is 7.09. The summed E-state index contributed by atoms with van der Waals surface area (Å²) < 4.78 is 1.72. The van der Waals surface area contributed by atoms with Crippen molar-refractivity contribution in [1.82, 2.24) is 19.7 Å². The molecule has 2 aromatic rings. The minimum Gasteiger partial charge on any atom is -0.307 e. The molecule has 0 aliphatic carbocycles. The Kier molecular flexibility index (Phi) is 4.54. The van der Waals surface area contributed by atoms with Crippen LogP contribution in [0.4, 0.5) is 5.69 Å². The lowest BCUT2D eigenvalue weighted by Crippen LogP contribution is -2.50. The van der Waals surface area contributed by atoms with E-state index in [0.29, 0.717) is 13.1 Å². The van der Waals surface area contributed by atoms with Crippen molar-refractivity contribution in [2.75, 3.05) is 24.5 Å². The lowest BCUT2D eigenvalue weighted by molar-refractivity contribution is -0.121. The summed E-state index contributed by atoms with van der Waals surface area (Å²) >= 11 is 1.72. The van der Waals surface area contributed by atoms with Gasteiger partial charge in [0.1, 0.15) is 0 Å². The second kappa shape index (κ2) is 6.58. The molecule has 118 valence electrons. The molecule has 1 aliphatic rings. The molecule has 0 saturated carbocycles. The van der Waals surface area contributed by atoms with Crippen molar-refractivity contribution in [3.63, 3.8) is 0 Å². The van der Waals surface area contributed by atoms with Crippen LogP contribution in [0.2, 0.25) is 0 Å². The number of carbonyl (C=O) groups excluding carboxylic acids is 1. The first-order chi connectivity index (χ1) is 10.7. The van der Waals surface area contributed by atoms with Gasteiger partial charge in [-0.05, 0) is 12.8 Å². The number of piperazine rings is 1.